The maximum absolute atomic E-state index is 12.2. The van der Waals surface area contributed by atoms with Gasteiger partial charge in [-0.2, -0.15) is 5.10 Å². The van der Waals surface area contributed by atoms with Crippen molar-refractivity contribution in [3.05, 3.63) is 63.6 Å². The lowest BCUT2D eigenvalue weighted by atomic mass is 10.1. The molecule has 1 aromatic carbocycles. The number of rotatable bonds is 7. The van der Waals surface area contributed by atoms with E-state index in [9.17, 15) is 14.4 Å². The number of nitrogens with one attached hydrogen (secondary N) is 1. The van der Waals surface area contributed by atoms with Gasteiger partial charge in [0.2, 0.25) is 0 Å². The normalized spacial score (nSPS) is 10.4. The van der Waals surface area contributed by atoms with Crippen LogP contribution in [0.3, 0.4) is 0 Å². The predicted octanol–water partition coefficient (Wildman–Crippen LogP) is 0.521. The van der Waals surface area contributed by atoms with Gasteiger partial charge in [-0.1, -0.05) is 12.1 Å². The lowest BCUT2D eigenvalue weighted by Crippen LogP contribution is -2.30. The molecule has 2 aromatic rings. The highest BCUT2D eigenvalue weighted by atomic mass is 16.5. The molecule has 0 radical (unpaired) electrons. The topological polar surface area (TPSA) is 93.5 Å². The third kappa shape index (κ3) is 5.00. The first-order valence-electron chi connectivity index (χ1n) is 8.08. The standard InChI is InChI=1S/C18H22N4O4/c1-21(2)18(25)14-6-4-13(5-7-14)12-19-17(24)15-8-9-16(23)22(20-15)10-11-26-3/h4-9H,10-12H2,1-3H3,(H,19,24). The van der Waals surface area contributed by atoms with Gasteiger partial charge in [0.25, 0.3) is 17.4 Å². The Morgan fingerprint density at radius 1 is 1.15 bits per heavy atom. The van der Waals surface area contributed by atoms with Crippen molar-refractivity contribution >= 4 is 11.8 Å². The largest absolute Gasteiger partial charge is 0.383 e. The second-order valence-corrected chi connectivity index (χ2v) is 5.85. The van der Waals surface area contributed by atoms with Gasteiger partial charge in [0, 0.05) is 39.4 Å². The maximum Gasteiger partial charge on any atom is 0.271 e. The summed E-state index contributed by atoms with van der Waals surface area (Å²) in [6.07, 6.45) is 0. The molecule has 1 aromatic heterocycles. The Bertz CT molecular complexity index is 828. The Balaban J connectivity index is 2.00. The van der Waals surface area contributed by atoms with E-state index in [2.05, 4.69) is 10.4 Å². The lowest BCUT2D eigenvalue weighted by Gasteiger charge is -2.11. The average molecular weight is 358 g/mol. The molecule has 0 fully saturated rings. The SMILES string of the molecule is COCCn1nc(C(=O)NCc2ccc(C(=O)N(C)C)cc2)ccc1=O. The van der Waals surface area contributed by atoms with Gasteiger partial charge in [-0.05, 0) is 23.8 Å². The fraction of sp³-hybridized carbons (Fsp3) is 0.333. The molecule has 0 bridgehead atoms. The van der Waals surface area contributed by atoms with Crippen molar-refractivity contribution in [1.29, 1.82) is 0 Å². The number of aromatic nitrogens is 2. The Morgan fingerprint density at radius 2 is 1.85 bits per heavy atom. The first-order chi connectivity index (χ1) is 12.4. The molecular formula is C18H22N4O4. The van der Waals surface area contributed by atoms with Crippen LogP contribution in [0.5, 0.6) is 0 Å². The van der Waals surface area contributed by atoms with E-state index in [-0.39, 0.29) is 36.2 Å². The Morgan fingerprint density at radius 3 is 2.46 bits per heavy atom. The minimum absolute atomic E-state index is 0.0805. The van der Waals surface area contributed by atoms with Gasteiger partial charge in [-0.15, -0.1) is 0 Å². The van der Waals surface area contributed by atoms with E-state index in [1.165, 1.54) is 28.8 Å². The van der Waals surface area contributed by atoms with Crippen molar-refractivity contribution in [2.75, 3.05) is 27.8 Å². The predicted molar refractivity (Wildman–Crippen MR) is 96.0 cm³/mol. The van der Waals surface area contributed by atoms with Gasteiger partial charge in [0.1, 0.15) is 5.69 Å². The van der Waals surface area contributed by atoms with Crippen LogP contribution in [0, 0.1) is 0 Å². The summed E-state index contributed by atoms with van der Waals surface area (Å²) in [4.78, 5) is 37.3. The van der Waals surface area contributed by atoms with E-state index < -0.39 is 0 Å². The van der Waals surface area contributed by atoms with Crippen molar-refractivity contribution in [1.82, 2.24) is 20.0 Å². The number of ether oxygens (including phenoxy) is 1. The Hall–Kier alpha value is -3.00. The fourth-order valence-electron chi connectivity index (χ4n) is 2.20. The van der Waals surface area contributed by atoms with Crippen LogP contribution < -0.4 is 10.9 Å². The van der Waals surface area contributed by atoms with Crippen molar-refractivity contribution < 1.29 is 14.3 Å². The summed E-state index contributed by atoms with van der Waals surface area (Å²) in [5, 5.41) is 6.79. The summed E-state index contributed by atoms with van der Waals surface area (Å²) < 4.78 is 6.11. The molecular weight excluding hydrogens is 336 g/mol. The number of hydrogen-bond acceptors (Lipinski definition) is 5. The molecule has 0 unspecified atom stereocenters. The quantitative estimate of drug-likeness (QED) is 0.779. The molecule has 0 atom stereocenters. The number of benzene rings is 1. The number of carbonyl (C=O) groups is 2. The summed E-state index contributed by atoms with van der Waals surface area (Å²) in [5.41, 5.74) is 1.29. The molecule has 138 valence electrons. The molecule has 1 N–H and O–H groups in total. The van der Waals surface area contributed by atoms with E-state index in [0.717, 1.165) is 5.56 Å². The summed E-state index contributed by atoms with van der Waals surface area (Å²) in [6.45, 7) is 0.891. The second kappa shape index (κ2) is 8.91. The molecule has 8 nitrogen and oxygen atoms in total. The van der Waals surface area contributed by atoms with E-state index >= 15 is 0 Å². The van der Waals surface area contributed by atoms with E-state index in [4.69, 9.17) is 4.74 Å². The number of hydrogen-bond donors (Lipinski definition) is 1. The molecule has 8 heteroatoms. The van der Waals surface area contributed by atoms with Crippen LogP contribution in [0.15, 0.2) is 41.2 Å². The van der Waals surface area contributed by atoms with E-state index in [0.29, 0.717) is 12.2 Å². The molecule has 0 aliphatic carbocycles. The Kier molecular flexibility index (Phi) is 6.62. The van der Waals surface area contributed by atoms with Gasteiger partial charge in [-0.3, -0.25) is 14.4 Å². The first kappa shape index (κ1) is 19.3. The number of nitrogens with zero attached hydrogens (tertiary/aromatic N) is 3. The molecule has 0 spiro atoms. The van der Waals surface area contributed by atoms with Crippen molar-refractivity contribution in [2.24, 2.45) is 0 Å². The van der Waals surface area contributed by atoms with Crippen LogP contribution in [-0.4, -0.2) is 54.3 Å². The smallest absolute Gasteiger partial charge is 0.271 e. The first-order valence-corrected chi connectivity index (χ1v) is 8.08. The second-order valence-electron chi connectivity index (χ2n) is 5.85. The summed E-state index contributed by atoms with van der Waals surface area (Å²) in [7, 11) is 4.91. The zero-order chi connectivity index (χ0) is 19.1. The van der Waals surface area contributed by atoms with Crippen LogP contribution in [-0.2, 0) is 17.8 Å². The summed E-state index contributed by atoms with van der Waals surface area (Å²) in [5.74, 6) is -0.465. The minimum atomic E-state index is -0.385. The van der Waals surface area contributed by atoms with Gasteiger partial charge in [0.15, 0.2) is 0 Å². The zero-order valence-corrected chi connectivity index (χ0v) is 15.1. The third-order valence-electron chi connectivity index (χ3n) is 3.67. The zero-order valence-electron chi connectivity index (χ0n) is 15.1. The Labute approximate surface area is 151 Å². The maximum atomic E-state index is 12.2. The van der Waals surface area contributed by atoms with Crippen molar-refractivity contribution in [3.63, 3.8) is 0 Å². The summed E-state index contributed by atoms with van der Waals surface area (Å²) in [6, 6.07) is 9.69. The highest BCUT2D eigenvalue weighted by molar-refractivity contribution is 5.94. The summed E-state index contributed by atoms with van der Waals surface area (Å²) >= 11 is 0. The van der Waals surface area contributed by atoms with Crippen LogP contribution in [0.2, 0.25) is 0 Å². The van der Waals surface area contributed by atoms with Crippen molar-refractivity contribution in [2.45, 2.75) is 13.1 Å². The molecule has 0 saturated heterocycles. The molecule has 0 aliphatic heterocycles. The fourth-order valence-corrected chi connectivity index (χ4v) is 2.20. The van der Waals surface area contributed by atoms with Gasteiger partial charge in [-0.25, -0.2) is 4.68 Å². The number of amides is 2. The molecule has 26 heavy (non-hydrogen) atoms. The molecule has 0 saturated carbocycles. The third-order valence-corrected chi connectivity index (χ3v) is 3.67. The number of methoxy groups -OCH3 is 1. The van der Waals surface area contributed by atoms with E-state index in [1.807, 2.05) is 0 Å². The van der Waals surface area contributed by atoms with E-state index in [1.54, 1.807) is 38.4 Å². The monoisotopic (exact) mass is 358 g/mol. The lowest BCUT2D eigenvalue weighted by molar-refractivity contribution is 0.0827. The van der Waals surface area contributed by atoms with Crippen molar-refractivity contribution in [3.8, 4) is 0 Å². The van der Waals surface area contributed by atoms with Gasteiger partial charge < -0.3 is 15.0 Å². The minimum Gasteiger partial charge on any atom is -0.383 e. The van der Waals surface area contributed by atoms with Gasteiger partial charge >= 0.3 is 0 Å². The molecule has 2 rings (SSSR count). The van der Waals surface area contributed by atoms with Gasteiger partial charge in [0.05, 0.1) is 13.2 Å². The highest BCUT2D eigenvalue weighted by Crippen LogP contribution is 2.06. The van der Waals surface area contributed by atoms with Crippen LogP contribution in [0.1, 0.15) is 26.4 Å². The van der Waals surface area contributed by atoms with Crippen LogP contribution in [0.4, 0.5) is 0 Å². The highest BCUT2D eigenvalue weighted by Gasteiger charge is 2.10. The van der Waals surface area contributed by atoms with Crippen LogP contribution >= 0.6 is 0 Å². The number of carbonyl (C=O) groups excluding carboxylic acids is 2. The average Bonchev–Trinajstić information content (AvgIpc) is 2.65. The van der Waals surface area contributed by atoms with Crippen LogP contribution in [0.25, 0.3) is 0 Å². The molecule has 2 amide bonds. The molecule has 1 heterocycles. The molecule has 0 aliphatic rings.